The van der Waals surface area contributed by atoms with Gasteiger partial charge in [-0.1, -0.05) is 57.0 Å². The lowest BCUT2D eigenvalue weighted by molar-refractivity contribution is -0.121. The molecule has 9 nitrogen and oxygen atoms in total. The molecule has 0 aliphatic carbocycles. The van der Waals surface area contributed by atoms with Crippen LogP contribution in [0.15, 0.2) is 33.9 Å². The van der Waals surface area contributed by atoms with E-state index in [1.807, 2.05) is 52.0 Å². The standard InChI is InChI=1S/C24H35N5O4/c1-6-7-12-28(21-22(25)29(14-15(2)3)24(33)27-23(21)32)20(31)13-19(26-17(5)30)18-10-8-16(4)9-11-18/h8-11,15,19H,6-7,12-14,25H2,1-5H3,(H,26,30)(H,27,32,33). The minimum absolute atomic E-state index is 0.0285. The van der Waals surface area contributed by atoms with Gasteiger partial charge < -0.3 is 16.0 Å². The predicted octanol–water partition coefficient (Wildman–Crippen LogP) is 2.48. The van der Waals surface area contributed by atoms with Crippen molar-refractivity contribution in [2.24, 2.45) is 5.92 Å². The molecule has 0 fully saturated rings. The third-order valence-electron chi connectivity index (χ3n) is 5.30. The second-order valence-electron chi connectivity index (χ2n) is 8.76. The highest BCUT2D eigenvalue weighted by molar-refractivity contribution is 5.96. The van der Waals surface area contributed by atoms with Gasteiger partial charge in [0.05, 0.1) is 12.5 Å². The minimum atomic E-state index is -0.701. The molecule has 1 aromatic heterocycles. The molecule has 0 saturated heterocycles. The van der Waals surface area contributed by atoms with Gasteiger partial charge in [0.1, 0.15) is 5.82 Å². The molecule has 2 rings (SSSR count). The van der Waals surface area contributed by atoms with Gasteiger partial charge >= 0.3 is 5.69 Å². The highest BCUT2D eigenvalue weighted by Crippen LogP contribution is 2.24. The van der Waals surface area contributed by atoms with Crippen LogP contribution in [0, 0.1) is 12.8 Å². The summed E-state index contributed by atoms with van der Waals surface area (Å²) in [5, 5.41) is 2.83. The Bertz CT molecular complexity index is 1090. The zero-order valence-corrected chi connectivity index (χ0v) is 20.1. The van der Waals surface area contributed by atoms with Crippen molar-refractivity contribution < 1.29 is 9.59 Å². The van der Waals surface area contributed by atoms with Crippen LogP contribution >= 0.6 is 0 Å². The number of amides is 2. The Morgan fingerprint density at radius 3 is 2.36 bits per heavy atom. The monoisotopic (exact) mass is 457 g/mol. The summed E-state index contributed by atoms with van der Waals surface area (Å²) in [7, 11) is 0. The van der Waals surface area contributed by atoms with E-state index >= 15 is 0 Å². The number of aromatic nitrogens is 2. The third kappa shape index (κ3) is 6.81. The minimum Gasteiger partial charge on any atom is -0.383 e. The first kappa shape index (κ1) is 25.9. The fourth-order valence-corrected chi connectivity index (χ4v) is 3.64. The molecule has 0 bridgehead atoms. The van der Waals surface area contributed by atoms with E-state index in [1.54, 1.807) is 0 Å². The van der Waals surface area contributed by atoms with Crippen LogP contribution < -0.4 is 27.2 Å². The number of carbonyl (C=O) groups excluding carboxylic acids is 2. The summed E-state index contributed by atoms with van der Waals surface area (Å²) in [6.07, 6.45) is 1.37. The second kappa shape index (κ2) is 11.5. The molecule has 1 heterocycles. The molecule has 1 unspecified atom stereocenters. The first-order valence-corrected chi connectivity index (χ1v) is 11.3. The lowest BCUT2D eigenvalue weighted by Crippen LogP contribution is -2.43. The zero-order valence-electron chi connectivity index (χ0n) is 20.1. The topological polar surface area (TPSA) is 130 Å². The van der Waals surface area contributed by atoms with Gasteiger partial charge in [0.2, 0.25) is 11.8 Å². The summed E-state index contributed by atoms with van der Waals surface area (Å²) >= 11 is 0. The van der Waals surface area contributed by atoms with Crippen molar-refractivity contribution >= 4 is 23.3 Å². The summed E-state index contributed by atoms with van der Waals surface area (Å²) in [6.45, 7) is 9.75. The number of unbranched alkanes of at least 4 members (excludes halogenated alkanes) is 1. The Hall–Kier alpha value is -3.36. The number of H-pyrrole nitrogens is 1. The molecule has 0 radical (unpaired) electrons. The molecule has 0 aliphatic heterocycles. The number of rotatable bonds is 10. The van der Waals surface area contributed by atoms with Crippen LogP contribution in [0.1, 0.15) is 64.1 Å². The quantitative estimate of drug-likeness (QED) is 0.505. The molecule has 9 heteroatoms. The number of hydrogen-bond donors (Lipinski definition) is 3. The SMILES string of the molecule is CCCCN(C(=O)CC(NC(C)=O)c1ccc(C)cc1)c1c(N)n(CC(C)C)c(=O)[nH]c1=O. The van der Waals surface area contributed by atoms with Crippen LogP contribution in [0.2, 0.25) is 0 Å². The second-order valence-corrected chi connectivity index (χ2v) is 8.76. The van der Waals surface area contributed by atoms with Gasteiger partial charge in [-0.25, -0.2) is 4.79 Å². The van der Waals surface area contributed by atoms with E-state index in [9.17, 15) is 19.2 Å². The average molecular weight is 458 g/mol. The van der Waals surface area contributed by atoms with E-state index in [0.717, 1.165) is 17.5 Å². The van der Waals surface area contributed by atoms with Gasteiger partial charge in [-0.15, -0.1) is 0 Å². The highest BCUT2D eigenvalue weighted by Gasteiger charge is 2.27. The van der Waals surface area contributed by atoms with Gasteiger partial charge in [0.15, 0.2) is 5.69 Å². The Balaban J connectivity index is 2.49. The molecule has 180 valence electrons. The number of nitrogens with one attached hydrogen (secondary N) is 2. The zero-order chi connectivity index (χ0) is 24.7. The van der Waals surface area contributed by atoms with Gasteiger partial charge in [-0.05, 0) is 24.8 Å². The summed E-state index contributed by atoms with van der Waals surface area (Å²) in [6, 6.07) is 6.98. The van der Waals surface area contributed by atoms with Crippen LogP contribution in [0.25, 0.3) is 0 Å². The van der Waals surface area contributed by atoms with Crippen molar-refractivity contribution in [1.29, 1.82) is 0 Å². The molecule has 1 atom stereocenters. The molecule has 0 spiro atoms. The normalized spacial score (nSPS) is 11.9. The number of nitrogens with zero attached hydrogens (tertiary/aromatic N) is 2. The van der Waals surface area contributed by atoms with Gasteiger partial charge in [-0.3, -0.25) is 23.9 Å². The maximum absolute atomic E-state index is 13.5. The number of nitrogen functional groups attached to an aromatic ring is 1. The third-order valence-corrected chi connectivity index (χ3v) is 5.30. The van der Waals surface area contributed by atoms with Crippen LogP contribution in [0.5, 0.6) is 0 Å². The Morgan fingerprint density at radius 1 is 1.18 bits per heavy atom. The Labute approximate surface area is 194 Å². The Kier molecular flexibility index (Phi) is 9.02. The van der Waals surface area contributed by atoms with Crippen molar-refractivity contribution in [2.75, 3.05) is 17.2 Å². The number of carbonyl (C=O) groups is 2. The van der Waals surface area contributed by atoms with Crippen LogP contribution in [-0.2, 0) is 16.1 Å². The molecule has 0 aliphatic rings. The lowest BCUT2D eigenvalue weighted by Gasteiger charge is -2.27. The summed E-state index contributed by atoms with van der Waals surface area (Å²) < 4.78 is 1.29. The van der Waals surface area contributed by atoms with Crippen molar-refractivity contribution in [3.63, 3.8) is 0 Å². The molecule has 4 N–H and O–H groups in total. The molecule has 2 aromatic rings. The fourth-order valence-electron chi connectivity index (χ4n) is 3.64. The lowest BCUT2D eigenvalue weighted by atomic mass is 10.0. The van der Waals surface area contributed by atoms with E-state index in [4.69, 9.17) is 5.73 Å². The van der Waals surface area contributed by atoms with E-state index < -0.39 is 17.3 Å². The first-order chi connectivity index (χ1) is 15.5. The molecule has 33 heavy (non-hydrogen) atoms. The number of hydrogen-bond acceptors (Lipinski definition) is 5. The number of anilines is 2. The summed E-state index contributed by atoms with van der Waals surface area (Å²) in [4.78, 5) is 54.1. The van der Waals surface area contributed by atoms with Crippen LogP contribution in [0.4, 0.5) is 11.5 Å². The van der Waals surface area contributed by atoms with Gasteiger partial charge in [-0.2, -0.15) is 0 Å². The Morgan fingerprint density at radius 2 is 1.82 bits per heavy atom. The van der Waals surface area contributed by atoms with Crippen molar-refractivity contribution in [1.82, 2.24) is 14.9 Å². The van der Waals surface area contributed by atoms with E-state index in [2.05, 4.69) is 10.3 Å². The maximum Gasteiger partial charge on any atom is 0.330 e. The largest absolute Gasteiger partial charge is 0.383 e. The first-order valence-electron chi connectivity index (χ1n) is 11.3. The fraction of sp³-hybridized carbons (Fsp3) is 0.500. The van der Waals surface area contributed by atoms with Crippen molar-refractivity contribution in [3.8, 4) is 0 Å². The van der Waals surface area contributed by atoms with E-state index in [1.165, 1.54) is 16.4 Å². The van der Waals surface area contributed by atoms with Crippen molar-refractivity contribution in [2.45, 2.75) is 66.5 Å². The highest BCUT2D eigenvalue weighted by atomic mass is 16.2. The smallest absolute Gasteiger partial charge is 0.330 e. The molecular weight excluding hydrogens is 422 g/mol. The van der Waals surface area contributed by atoms with E-state index in [-0.39, 0.29) is 42.2 Å². The summed E-state index contributed by atoms with van der Waals surface area (Å²) in [5.41, 5.74) is 6.77. The molecule has 1 aromatic carbocycles. The van der Waals surface area contributed by atoms with E-state index in [0.29, 0.717) is 13.0 Å². The molecule has 0 saturated carbocycles. The number of aryl methyl sites for hydroxylation is 1. The van der Waals surface area contributed by atoms with Crippen LogP contribution in [-0.4, -0.2) is 27.9 Å². The summed E-state index contributed by atoms with van der Waals surface area (Å²) in [5.74, 6) is -0.561. The number of nitrogens with two attached hydrogens (primary N) is 1. The van der Waals surface area contributed by atoms with Crippen molar-refractivity contribution in [3.05, 3.63) is 56.2 Å². The van der Waals surface area contributed by atoms with Gasteiger partial charge in [0.25, 0.3) is 5.56 Å². The number of benzene rings is 1. The molecular formula is C24H35N5O4. The molecule has 2 amide bonds. The average Bonchev–Trinajstić information content (AvgIpc) is 2.72. The van der Waals surface area contributed by atoms with Gasteiger partial charge in [0, 0.05) is 20.0 Å². The maximum atomic E-state index is 13.5. The van der Waals surface area contributed by atoms with Crippen LogP contribution in [0.3, 0.4) is 0 Å². The number of aromatic amines is 1. The predicted molar refractivity (Wildman–Crippen MR) is 130 cm³/mol.